The Morgan fingerprint density at radius 3 is 1.79 bits per heavy atom. The molecule has 0 aromatic heterocycles. The van der Waals surface area contributed by atoms with Crippen molar-refractivity contribution in [2.45, 2.75) is 30.2 Å². The molecule has 1 aliphatic heterocycles. The average molecular weight is 434 g/mol. The van der Waals surface area contributed by atoms with Gasteiger partial charge in [0.15, 0.2) is 0 Å². The predicted octanol–water partition coefficient (Wildman–Crippen LogP) is 4.61. The SMILES string of the molecule is O[C@@H]1[C@@H](O)CN(C2(c3ccccc3)c3ccccc3-c3ccccc32)[C@H]1Cc1ccccc1. The first-order valence-electron chi connectivity index (χ1n) is 11.6. The molecule has 164 valence electrons. The molecule has 0 bridgehead atoms. The first-order valence-corrected chi connectivity index (χ1v) is 11.6. The molecule has 2 aliphatic rings. The Bertz CT molecular complexity index is 1230. The zero-order chi connectivity index (χ0) is 22.4. The van der Waals surface area contributed by atoms with Crippen molar-refractivity contribution in [2.75, 3.05) is 6.54 Å². The summed E-state index contributed by atoms with van der Waals surface area (Å²) >= 11 is 0. The molecule has 1 saturated heterocycles. The van der Waals surface area contributed by atoms with E-state index in [0.717, 1.165) is 11.1 Å². The van der Waals surface area contributed by atoms with Gasteiger partial charge >= 0.3 is 0 Å². The molecule has 4 aromatic carbocycles. The number of aliphatic hydroxyl groups is 2. The summed E-state index contributed by atoms with van der Waals surface area (Å²) in [5.41, 5.74) is 6.56. The van der Waals surface area contributed by atoms with Crippen molar-refractivity contribution in [3.63, 3.8) is 0 Å². The third-order valence-electron chi connectivity index (χ3n) is 7.41. The van der Waals surface area contributed by atoms with E-state index in [1.807, 2.05) is 24.3 Å². The fraction of sp³-hybridized carbons (Fsp3) is 0.200. The van der Waals surface area contributed by atoms with E-state index >= 15 is 0 Å². The number of β-amino-alcohol motifs (C(OH)–C–C–N with tert-alkyl or cyclic N) is 1. The van der Waals surface area contributed by atoms with Gasteiger partial charge < -0.3 is 10.2 Å². The summed E-state index contributed by atoms with van der Waals surface area (Å²) in [6, 6.07) is 37.7. The lowest BCUT2D eigenvalue weighted by atomic mass is 9.78. The summed E-state index contributed by atoms with van der Waals surface area (Å²) in [5.74, 6) is 0. The van der Waals surface area contributed by atoms with Gasteiger partial charge in [-0.3, -0.25) is 4.90 Å². The van der Waals surface area contributed by atoms with Crippen LogP contribution in [0.25, 0.3) is 11.1 Å². The van der Waals surface area contributed by atoms with Gasteiger partial charge in [-0.05, 0) is 39.8 Å². The Hall–Kier alpha value is -3.24. The van der Waals surface area contributed by atoms with Gasteiger partial charge in [0.2, 0.25) is 0 Å². The fourth-order valence-corrected chi connectivity index (χ4v) is 6.04. The van der Waals surface area contributed by atoms with Crippen molar-refractivity contribution < 1.29 is 10.2 Å². The maximum atomic E-state index is 11.2. The van der Waals surface area contributed by atoms with E-state index in [0.29, 0.717) is 13.0 Å². The highest BCUT2D eigenvalue weighted by atomic mass is 16.3. The average Bonchev–Trinajstić information content (AvgIpc) is 3.33. The number of likely N-dealkylation sites (tertiary alicyclic amines) is 1. The number of rotatable bonds is 4. The minimum atomic E-state index is -0.828. The van der Waals surface area contributed by atoms with Crippen molar-refractivity contribution >= 4 is 0 Å². The lowest BCUT2D eigenvalue weighted by molar-refractivity contribution is 0.0334. The molecule has 6 rings (SSSR count). The molecule has 1 fully saturated rings. The van der Waals surface area contributed by atoms with Gasteiger partial charge in [0.1, 0.15) is 0 Å². The summed E-state index contributed by atoms with van der Waals surface area (Å²) in [7, 11) is 0. The van der Waals surface area contributed by atoms with Crippen molar-refractivity contribution in [3.05, 3.63) is 131 Å². The Kier molecular flexibility index (Phi) is 4.92. The lowest BCUT2D eigenvalue weighted by Gasteiger charge is -2.45. The number of fused-ring (bicyclic) bond motifs is 3. The Morgan fingerprint density at radius 2 is 1.18 bits per heavy atom. The standard InChI is InChI=1S/C30H27NO2/c32-28-20-31(27(29(28)33)19-21-11-3-1-4-12-21)30(22-13-5-2-6-14-22)25-17-9-7-15-23(25)24-16-8-10-18-26(24)30/h1-18,27-29,32-33H,19-20H2/t27-,28-,29-/m0/s1. The smallest absolute Gasteiger partial charge is 0.0989 e. The molecule has 1 aliphatic carbocycles. The predicted molar refractivity (Wildman–Crippen MR) is 131 cm³/mol. The van der Waals surface area contributed by atoms with Gasteiger partial charge in [-0.15, -0.1) is 0 Å². The molecular weight excluding hydrogens is 406 g/mol. The highest BCUT2D eigenvalue weighted by Crippen LogP contribution is 2.56. The molecule has 1 heterocycles. The molecule has 0 saturated carbocycles. The number of aliphatic hydroxyl groups excluding tert-OH is 2. The van der Waals surface area contributed by atoms with Crippen molar-refractivity contribution in [1.82, 2.24) is 4.90 Å². The van der Waals surface area contributed by atoms with E-state index in [1.165, 1.54) is 22.3 Å². The van der Waals surface area contributed by atoms with Crippen LogP contribution in [-0.2, 0) is 12.0 Å². The third kappa shape index (κ3) is 3.01. The molecule has 3 heteroatoms. The third-order valence-corrected chi connectivity index (χ3v) is 7.41. The summed E-state index contributed by atoms with van der Waals surface area (Å²) in [6.45, 7) is 0.399. The van der Waals surface area contributed by atoms with Gasteiger partial charge in [0, 0.05) is 12.6 Å². The van der Waals surface area contributed by atoms with Crippen LogP contribution in [0.4, 0.5) is 0 Å². The highest BCUT2D eigenvalue weighted by Gasteiger charge is 2.55. The summed E-state index contributed by atoms with van der Waals surface area (Å²) in [6.07, 6.45) is -0.970. The van der Waals surface area contributed by atoms with E-state index < -0.39 is 17.7 Å². The molecule has 3 atom stereocenters. The minimum absolute atomic E-state index is 0.234. The van der Waals surface area contributed by atoms with Crippen LogP contribution in [0.3, 0.4) is 0 Å². The van der Waals surface area contributed by atoms with Crippen LogP contribution in [0.15, 0.2) is 109 Å². The minimum Gasteiger partial charge on any atom is -0.389 e. The Morgan fingerprint density at radius 1 is 0.667 bits per heavy atom. The molecule has 0 amide bonds. The summed E-state index contributed by atoms with van der Waals surface area (Å²) in [5, 5.41) is 22.2. The second kappa shape index (κ2) is 7.96. The molecule has 0 spiro atoms. The number of nitrogens with zero attached hydrogens (tertiary/aromatic N) is 1. The summed E-state index contributed by atoms with van der Waals surface area (Å²) < 4.78 is 0. The first kappa shape index (κ1) is 20.4. The molecule has 4 aromatic rings. The van der Waals surface area contributed by atoms with Crippen LogP contribution in [0.5, 0.6) is 0 Å². The lowest BCUT2D eigenvalue weighted by Crippen LogP contribution is -2.51. The quantitative estimate of drug-likeness (QED) is 0.494. The topological polar surface area (TPSA) is 43.7 Å². The fourth-order valence-electron chi connectivity index (χ4n) is 6.04. The van der Waals surface area contributed by atoms with Gasteiger partial charge in [-0.25, -0.2) is 0 Å². The van der Waals surface area contributed by atoms with Gasteiger partial charge in [0.25, 0.3) is 0 Å². The van der Waals surface area contributed by atoms with Crippen LogP contribution in [0.1, 0.15) is 22.3 Å². The normalized spacial score (nSPS) is 23.3. The largest absolute Gasteiger partial charge is 0.389 e. The number of benzene rings is 4. The maximum absolute atomic E-state index is 11.2. The van der Waals surface area contributed by atoms with Crippen molar-refractivity contribution in [2.24, 2.45) is 0 Å². The van der Waals surface area contributed by atoms with Crippen LogP contribution >= 0.6 is 0 Å². The molecule has 0 radical (unpaired) electrons. The van der Waals surface area contributed by atoms with E-state index in [-0.39, 0.29) is 6.04 Å². The van der Waals surface area contributed by atoms with Gasteiger partial charge in [-0.1, -0.05) is 109 Å². The first-order chi connectivity index (χ1) is 16.2. The Balaban J connectivity index is 1.62. The zero-order valence-corrected chi connectivity index (χ0v) is 18.4. The number of hydrogen-bond acceptors (Lipinski definition) is 3. The molecule has 0 unspecified atom stereocenters. The Labute approximate surface area is 194 Å². The zero-order valence-electron chi connectivity index (χ0n) is 18.4. The highest BCUT2D eigenvalue weighted by molar-refractivity contribution is 5.83. The van der Waals surface area contributed by atoms with Gasteiger partial charge in [-0.2, -0.15) is 0 Å². The van der Waals surface area contributed by atoms with E-state index in [4.69, 9.17) is 0 Å². The van der Waals surface area contributed by atoms with Gasteiger partial charge in [0.05, 0.1) is 17.7 Å². The van der Waals surface area contributed by atoms with Crippen LogP contribution in [0.2, 0.25) is 0 Å². The van der Waals surface area contributed by atoms with Crippen molar-refractivity contribution in [1.29, 1.82) is 0 Å². The second-order valence-corrected chi connectivity index (χ2v) is 9.13. The van der Waals surface area contributed by atoms with E-state index in [9.17, 15) is 10.2 Å². The molecular formula is C30H27NO2. The monoisotopic (exact) mass is 433 g/mol. The van der Waals surface area contributed by atoms with Crippen LogP contribution in [-0.4, -0.2) is 39.9 Å². The molecule has 3 nitrogen and oxygen atoms in total. The van der Waals surface area contributed by atoms with Crippen molar-refractivity contribution in [3.8, 4) is 11.1 Å². The van der Waals surface area contributed by atoms with E-state index in [1.54, 1.807) is 0 Å². The molecule has 2 N–H and O–H groups in total. The van der Waals surface area contributed by atoms with E-state index in [2.05, 4.69) is 89.8 Å². The summed E-state index contributed by atoms with van der Waals surface area (Å²) in [4.78, 5) is 2.36. The van der Waals surface area contributed by atoms with Crippen LogP contribution in [0, 0.1) is 0 Å². The van der Waals surface area contributed by atoms with Crippen LogP contribution < -0.4 is 0 Å². The molecule has 33 heavy (non-hydrogen) atoms. The maximum Gasteiger partial charge on any atom is 0.0989 e. The second-order valence-electron chi connectivity index (χ2n) is 9.13. The number of hydrogen-bond donors (Lipinski definition) is 2.